The van der Waals surface area contributed by atoms with Crippen molar-refractivity contribution in [3.63, 3.8) is 0 Å². The van der Waals surface area contributed by atoms with Gasteiger partial charge in [0, 0.05) is 6.54 Å². The molecule has 0 spiro atoms. The minimum atomic E-state index is -0.919. The van der Waals surface area contributed by atoms with E-state index in [1.54, 1.807) is 38.1 Å². The number of primary amides is 1. The lowest BCUT2D eigenvalue weighted by Crippen LogP contribution is -2.34. The number of para-hydroxylation sites is 2. The first-order valence-electron chi connectivity index (χ1n) is 7.51. The van der Waals surface area contributed by atoms with Crippen LogP contribution in [0.4, 0.5) is 10.5 Å². The van der Waals surface area contributed by atoms with Crippen LogP contribution in [0.2, 0.25) is 0 Å². The third-order valence-electron chi connectivity index (χ3n) is 3.36. The first-order chi connectivity index (χ1) is 11.2. The third-order valence-corrected chi connectivity index (χ3v) is 3.36. The van der Waals surface area contributed by atoms with E-state index in [0.717, 1.165) is 0 Å². The molecule has 0 bridgehead atoms. The van der Waals surface area contributed by atoms with Crippen LogP contribution in [0.25, 0.3) is 0 Å². The molecule has 0 aliphatic rings. The van der Waals surface area contributed by atoms with Gasteiger partial charge in [0.2, 0.25) is 5.91 Å². The highest BCUT2D eigenvalue weighted by Crippen LogP contribution is 2.24. The van der Waals surface area contributed by atoms with Crippen LogP contribution in [0.15, 0.2) is 24.3 Å². The number of amides is 3. The van der Waals surface area contributed by atoms with Crippen LogP contribution < -0.4 is 21.1 Å². The molecule has 1 rings (SSSR count). The fourth-order valence-electron chi connectivity index (χ4n) is 1.72. The Morgan fingerprint density at radius 1 is 1.25 bits per heavy atom. The summed E-state index contributed by atoms with van der Waals surface area (Å²) in [6, 6.07) is 6.30. The second-order valence-electron chi connectivity index (χ2n) is 5.88. The SMILES string of the molecule is CC(C)(CCNC(=O)Nc1ccccc1OCCC(N)=O)C(=O)O. The molecule has 0 radical (unpaired) electrons. The maximum absolute atomic E-state index is 11.9. The molecule has 24 heavy (non-hydrogen) atoms. The Balaban J connectivity index is 2.52. The zero-order valence-corrected chi connectivity index (χ0v) is 13.8. The first-order valence-corrected chi connectivity index (χ1v) is 7.51. The molecule has 0 unspecified atom stereocenters. The highest BCUT2D eigenvalue weighted by Gasteiger charge is 2.26. The maximum Gasteiger partial charge on any atom is 0.319 e. The Labute approximate surface area is 140 Å². The molecular weight excluding hydrogens is 314 g/mol. The van der Waals surface area contributed by atoms with Gasteiger partial charge in [0.1, 0.15) is 5.75 Å². The lowest BCUT2D eigenvalue weighted by atomic mass is 9.90. The molecule has 0 aromatic heterocycles. The lowest BCUT2D eigenvalue weighted by molar-refractivity contribution is -0.147. The van der Waals surface area contributed by atoms with Crippen molar-refractivity contribution in [2.45, 2.75) is 26.7 Å². The molecule has 8 heteroatoms. The number of nitrogens with two attached hydrogens (primary N) is 1. The lowest BCUT2D eigenvalue weighted by Gasteiger charge is -2.19. The summed E-state index contributed by atoms with van der Waals surface area (Å²) < 4.78 is 5.42. The Morgan fingerprint density at radius 3 is 2.54 bits per heavy atom. The summed E-state index contributed by atoms with van der Waals surface area (Å²) in [5, 5.41) is 14.2. The third kappa shape index (κ3) is 6.55. The molecule has 132 valence electrons. The zero-order valence-electron chi connectivity index (χ0n) is 13.8. The Hall–Kier alpha value is -2.77. The Kier molecular flexibility index (Phi) is 7.03. The number of nitrogens with one attached hydrogen (secondary N) is 2. The summed E-state index contributed by atoms with van der Waals surface area (Å²) in [6.07, 6.45) is 0.372. The molecule has 1 aromatic carbocycles. The van der Waals surface area contributed by atoms with Crippen molar-refractivity contribution in [1.82, 2.24) is 5.32 Å². The topological polar surface area (TPSA) is 131 Å². The predicted octanol–water partition coefficient (Wildman–Crippen LogP) is 1.56. The molecule has 3 amide bonds. The second kappa shape index (κ2) is 8.76. The highest BCUT2D eigenvalue weighted by atomic mass is 16.5. The van der Waals surface area contributed by atoms with E-state index in [1.807, 2.05) is 0 Å². The van der Waals surface area contributed by atoms with Gasteiger partial charge in [0.15, 0.2) is 0 Å². The number of aliphatic carboxylic acids is 1. The number of hydrogen-bond acceptors (Lipinski definition) is 4. The summed E-state index contributed by atoms with van der Waals surface area (Å²) >= 11 is 0. The van der Waals surface area contributed by atoms with Gasteiger partial charge < -0.3 is 26.2 Å². The smallest absolute Gasteiger partial charge is 0.319 e. The number of benzene rings is 1. The standard InChI is InChI=1S/C16H23N3O5/c1-16(2,14(21)22)8-9-18-15(23)19-11-5-3-4-6-12(11)24-10-7-13(17)20/h3-6H,7-10H2,1-2H3,(H2,17,20)(H,21,22)(H2,18,19,23). The molecule has 0 atom stereocenters. The molecule has 0 fully saturated rings. The van der Waals surface area contributed by atoms with Gasteiger partial charge in [0.05, 0.1) is 24.1 Å². The monoisotopic (exact) mass is 337 g/mol. The van der Waals surface area contributed by atoms with E-state index in [-0.39, 0.29) is 19.6 Å². The number of carbonyl (C=O) groups excluding carboxylic acids is 2. The molecule has 0 heterocycles. The summed E-state index contributed by atoms with van der Waals surface area (Å²) in [4.78, 5) is 33.6. The van der Waals surface area contributed by atoms with Gasteiger partial charge in [-0.1, -0.05) is 12.1 Å². The second-order valence-corrected chi connectivity index (χ2v) is 5.88. The van der Waals surface area contributed by atoms with Gasteiger partial charge in [-0.3, -0.25) is 9.59 Å². The Bertz CT molecular complexity index is 601. The molecular formula is C16H23N3O5. The van der Waals surface area contributed by atoms with Crippen molar-refractivity contribution >= 4 is 23.6 Å². The van der Waals surface area contributed by atoms with E-state index in [1.165, 1.54) is 0 Å². The molecule has 0 saturated carbocycles. The van der Waals surface area contributed by atoms with Crippen LogP contribution in [0.5, 0.6) is 5.75 Å². The van der Waals surface area contributed by atoms with Crippen LogP contribution in [0.1, 0.15) is 26.7 Å². The number of urea groups is 1. The number of anilines is 1. The number of ether oxygens (including phenoxy) is 1. The fraction of sp³-hybridized carbons (Fsp3) is 0.438. The predicted molar refractivity (Wildman–Crippen MR) is 88.8 cm³/mol. The molecule has 5 N–H and O–H groups in total. The maximum atomic E-state index is 11.9. The van der Waals surface area contributed by atoms with Gasteiger partial charge in [-0.2, -0.15) is 0 Å². The van der Waals surface area contributed by atoms with E-state index in [9.17, 15) is 14.4 Å². The first kappa shape index (κ1) is 19.3. The van der Waals surface area contributed by atoms with Crippen LogP contribution >= 0.6 is 0 Å². The van der Waals surface area contributed by atoms with E-state index >= 15 is 0 Å². The van der Waals surface area contributed by atoms with Crippen LogP contribution in [0.3, 0.4) is 0 Å². The van der Waals surface area contributed by atoms with E-state index in [2.05, 4.69) is 10.6 Å². The van der Waals surface area contributed by atoms with Crippen molar-refractivity contribution < 1.29 is 24.2 Å². The van der Waals surface area contributed by atoms with Gasteiger partial charge in [0.25, 0.3) is 0 Å². The normalized spacial score (nSPS) is 10.8. The summed E-state index contributed by atoms with van der Waals surface area (Å²) in [6.45, 7) is 3.52. The quantitative estimate of drug-likeness (QED) is 0.543. The van der Waals surface area contributed by atoms with Crippen molar-refractivity contribution in [3.8, 4) is 5.75 Å². The van der Waals surface area contributed by atoms with Crippen molar-refractivity contribution in [2.24, 2.45) is 11.1 Å². The van der Waals surface area contributed by atoms with Gasteiger partial charge >= 0.3 is 12.0 Å². The number of carbonyl (C=O) groups is 3. The average Bonchev–Trinajstić information content (AvgIpc) is 2.48. The number of rotatable bonds is 9. The molecule has 0 aliphatic heterocycles. The minimum absolute atomic E-state index is 0.0742. The van der Waals surface area contributed by atoms with E-state index in [4.69, 9.17) is 15.6 Å². The highest BCUT2D eigenvalue weighted by molar-refractivity contribution is 5.90. The van der Waals surface area contributed by atoms with Gasteiger partial charge in [-0.05, 0) is 32.4 Å². The summed E-state index contributed by atoms with van der Waals surface area (Å²) in [5.74, 6) is -0.975. The largest absolute Gasteiger partial charge is 0.491 e. The van der Waals surface area contributed by atoms with Gasteiger partial charge in [-0.15, -0.1) is 0 Å². The zero-order chi connectivity index (χ0) is 18.2. The fourth-order valence-corrected chi connectivity index (χ4v) is 1.72. The molecule has 8 nitrogen and oxygen atoms in total. The molecule has 0 aliphatic carbocycles. The van der Waals surface area contributed by atoms with Crippen LogP contribution in [0, 0.1) is 5.41 Å². The van der Waals surface area contributed by atoms with Crippen molar-refractivity contribution in [2.75, 3.05) is 18.5 Å². The molecule has 1 aromatic rings. The molecule has 0 saturated heterocycles. The summed E-state index contributed by atoms with van der Waals surface area (Å²) in [7, 11) is 0. The number of carboxylic acid groups (broad SMARTS) is 1. The number of carboxylic acids is 1. The van der Waals surface area contributed by atoms with Crippen molar-refractivity contribution in [1.29, 1.82) is 0 Å². The minimum Gasteiger partial charge on any atom is -0.491 e. The number of hydrogen-bond donors (Lipinski definition) is 4. The van der Waals surface area contributed by atoms with Crippen LogP contribution in [-0.4, -0.2) is 36.2 Å². The Morgan fingerprint density at radius 2 is 1.92 bits per heavy atom. The summed E-state index contributed by atoms with van der Waals surface area (Å²) in [5.41, 5.74) is 4.57. The van der Waals surface area contributed by atoms with Gasteiger partial charge in [-0.25, -0.2) is 4.79 Å². The van der Waals surface area contributed by atoms with E-state index in [0.29, 0.717) is 17.9 Å². The van der Waals surface area contributed by atoms with E-state index < -0.39 is 23.3 Å². The van der Waals surface area contributed by atoms with Crippen molar-refractivity contribution in [3.05, 3.63) is 24.3 Å². The van der Waals surface area contributed by atoms with Crippen LogP contribution in [-0.2, 0) is 9.59 Å². The average molecular weight is 337 g/mol.